The summed E-state index contributed by atoms with van der Waals surface area (Å²) in [6, 6.07) is 5.29. The summed E-state index contributed by atoms with van der Waals surface area (Å²) in [4.78, 5) is 23.5. The van der Waals surface area contributed by atoms with Gasteiger partial charge in [-0.3, -0.25) is 9.59 Å². The van der Waals surface area contributed by atoms with E-state index in [1.165, 1.54) is 0 Å². The minimum atomic E-state index is -0.940. The molecule has 7 heteroatoms. The van der Waals surface area contributed by atoms with Crippen LogP contribution < -0.4 is 5.32 Å². The second kappa shape index (κ2) is 6.30. The molecule has 1 saturated heterocycles. The summed E-state index contributed by atoms with van der Waals surface area (Å²) in [5.41, 5.74) is 0.153. The fourth-order valence-electron chi connectivity index (χ4n) is 3.18. The molecule has 1 aromatic rings. The third-order valence-electron chi connectivity index (χ3n) is 4.42. The lowest BCUT2D eigenvalue weighted by molar-refractivity contribution is -0.139. The molecule has 3 atom stereocenters. The lowest BCUT2D eigenvalue weighted by Crippen LogP contribution is -2.51. The summed E-state index contributed by atoms with van der Waals surface area (Å²) in [6.07, 6.45) is 1.11. The van der Waals surface area contributed by atoms with Gasteiger partial charge in [-0.15, -0.1) is 0 Å². The van der Waals surface area contributed by atoms with Crippen molar-refractivity contribution in [1.29, 1.82) is 0 Å². The molecule has 0 radical (unpaired) electrons. The first-order valence-electron chi connectivity index (χ1n) is 7.46. The van der Waals surface area contributed by atoms with E-state index in [1.54, 1.807) is 6.07 Å². The molecule has 0 aromatic heterocycles. The second-order valence-corrected chi connectivity index (χ2v) is 7.17. The van der Waals surface area contributed by atoms with E-state index in [2.05, 4.69) is 5.32 Å². The molecule has 23 heavy (non-hydrogen) atoms. The summed E-state index contributed by atoms with van der Waals surface area (Å²) in [5, 5.41) is 13.1. The van der Waals surface area contributed by atoms with E-state index in [1.807, 2.05) is 12.1 Å². The van der Waals surface area contributed by atoms with E-state index in [0.717, 1.165) is 5.56 Å². The van der Waals surface area contributed by atoms with E-state index in [-0.39, 0.29) is 30.8 Å². The largest absolute Gasteiger partial charge is 0.481 e. The Morgan fingerprint density at radius 1 is 1.30 bits per heavy atom. The van der Waals surface area contributed by atoms with Gasteiger partial charge in [0.05, 0.1) is 18.6 Å². The molecule has 2 N–H and O–H groups in total. The molecule has 3 unspecified atom stereocenters. The maximum atomic E-state index is 12.5. The molecule has 5 nitrogen and oxygen atoms in total. The van der Waals surface area contributed by atoms with Crippen LogP contribution in [0, 0.1) is 5.92 Å². The van der Waals surface area contributed by atoms with E-state index in [9.17, 15) is 9.59 Å². The first-order chi connectivity index (χ1) is 10.9. The van der Waals surface area contributed by atoms with Crippen LogP contribution in [0.15, 0.2) is 18.2 Å². The maximum absolute atomic E-state index is 12.5. The standard InChI is InChI=1S/C16H17Cl2NO4/c17-10-3-9(4-11(18)5-10)12-6-13(12)15(22)19-16(7-14(20)21)1-2-23-8-16/h3-5,12-13H,1-2,6-8H2,(H,19,22)(H,20,21). The Morgan fingerprint density at radius 2 is 2.00 bits per heavy atom. The zero-order valence-electron chi connectivity index (χ0n) is 12.4. The van der Waals surface area contributed by atoms with Crippen molar-refractivity contribution in [2.75, 3.05) is 13.2 Å². The number of aliphatic carboxylic acids is 1. The van der Waals surface area contributed by atoms with E-state index < -0.39 is 11.5 Å². The van der Waals surface area contributed by atoms with Crippen LogP contribution in [0.5, 0.6) is 0 Å². The predicted octanol–water partition coefficient (Wildman–Crippen LogP) is 2.85. The number of hydrogen-bond donors (Lipinski definition) is 2. The van der Waals surface area contributed by atoms with Crippen LogP contribution >= 0.6 is 23.2 Å². The van der Waals surface area contributed by atoms with Gasteiger partial charge in [-0.05, 0) is 42.5 Å². The van der Waals surface area contributed by atoms with E-state index >= 15 is 0 Å². The van der Waals surface area contributed by atoms with E-state index in [4.69, 9.17) is 33.0 Å². The van der Waals surface area contributed by atoms with Gasteiger partial charge in [0.15, 0.2) is 0 Å². The minimum Gasteiger partial charge on any atom is -0.481 e. The Hall–Kier alpha value is -1.30. The van der Waals surface area contributed by atoms with Gasteiger partial charge in [0.1, 0.15) is 0 Å². The molecule has 3 rings (SSSR count). The van der Waals surface area contributed by atoms with Crippen molar-refractivity contribution < 1.29 is 19.4 Å². The Kier molecular flexibility index (Phi) is 4.54. The third kappa shape index (κ3) is 3.79. The van der Waals surface area contributed by atoms with Crippen molar-refractivity contribution in [2.45, 2.75) is 30.7 Å². The average Bonchev–Trinajstić information content (AvgIpc) is 3.13. The summed E-state index contributed by atoms with van der Waals surface area (Å²) in [6.45, 7) is 0.705. The van der Waals surface area contributed by atoms with Gasteiger partial charge in [-0.1, -0.05) is 23.2 Å². The van der Waals surface area contributed by atoms with Crippen molar-refractivity contribution in [1.82, 2.24) is 5.32 Å². The average molecular weight is 358 g/mol. The molecule has 2 fully saturated rings. The normalized spacial score (nSPS) is 29.3. The molecule has 1 aromatic carbocycles. The molecule has 124 valence electrons. The number of benzene rings is 1. The highest BCUT2D eigenvalue weighted by Crippen LogP contribution is 2.49. The Labute approximate surface area is 143 Å². The number of hydrogen-bond acceptors (Lipinski definition) is 3. The van der Waals surface area contributed by atoms with Gasteiger partial charge in [0.25, 0.3) is 0 Å². The molecule has 1 saturated carbocycles. The second-order valence-electron chi connectivity index (χ2n) is 6.29. The highest BCUT2D eigenvalue weighted by Gasteiger charge is 2.47. The number of carboxylic acids is 1. The number of rotatable bonds is 5. The zero-order chi connectivity index (χ0) is 16.6. The Morgan fingerprint density at radius 3 is 2.57 bits per heavy atom. The molecule has 1 amide bonds. The summed E-state index contributed by atoms with van der Waals surface area (Å²) >= 11 is 12.0. The fraction of sp³-hybridized carbons (Fsp3) is 0.500. The third-order valence-corrected chi connectivity index (χ3v) is 4.86. The van der Waals surface area contributed by atoms with Crippen molar-refractivity contribution >= 4 is 35.1 Å². The number of halogens is 2. The van der Waals surface area contributed by atoms with Crippen LogP contribution in [0.4, 0.5) is 0 Å². The first-order valence-corrected chi connectivity index (χ1v) is 8.22. The molecule has 0 bridgehead atoms. The fourth-order valence-corrected chi connectivity index (χ4v) is 3.72. The van der Waals surface area contributed by atoms with Crippen LogP contribution in [0.25, 0.3) is 0 Å². The van der Waals surface area contributed by atoms with Gasteiger partial charge in [0.2, 0.25) is 5.91 Å². The van der Waals surface area contributed by atoms with Gasteiger partial charge >= 0.3 is 5.97 Å². The molecule has 1 aliphatic heterocycles. The molecule has 0 spiro atoms. The number of amides is 1. The van der Waals surface area contributed by atoms with Crippen LogP contribution in [0.3, 0.4) is 0 Å². The van der Waals surface area contributed by atoms with Crippen LogP contribution in [-0.2, 0) is 14.3 Å². The van der Waals surface area contributed by atoms with Gasteiger partial charge < -0.3 is 15.2 Å². The van der Waals surface area contributed by atoms with Gasteiger partial charge in [-0.25, -0.2) is 0 Å². The van der Waals surface area contributed by atoms with Crippen molar-refractivity contribution in [3.05, 3.63) is 33.8 Å². The molecular weight excluding hydrogens is 341 g/mol. The lowest BCUT2D eigenvalue weighted by Gasteiger charge is -2.27. The molecule has 2 aliphatic rings. The number of carboxylic acid groups (broad SMARTS) is 1. The minimum absolute atomic E-state index is 0.0791. The summed E-state index contributed by atoms with van der Waals surface area (Å²) in [7, 11) is 0. The zero-order valence-corrected chi connectivity index (χ0v) is 13.9. The Balaban J connectivity index is 1.66. The molecular formula is C16H17Cl2NO4. The maximum Gasteiger partial charge on any atom is 0.305 e. The smallest absolute Gasteiger partial charge is 0.305 e. The quantitative estimate of drug-likeness (QED) is 0.849. The topological polar surface area (TPSA) is 75.6 Å². The monoisotopic (exact) mass is 357 g/mol. The summed E-state index contributed by atoms with van der Waals surface area (Å²) in [5.74, 6) is -1.16. The van der Waals surface area contributed by atoms with Crippen LogP contribution in [0.2, 0.25) is 10.0 Å². The summed E-state index contributed by atoms with van der Waals surface area (Å²) < 4.78 is 5.29. The molecule has 1 heterocycles. The van der Waals surface area contributed by atoms with Crippen molar-refractivity contribution in [3.8, 4) is 0 Å². The number of carbonyl (C=O) groups excluding carboxylic acids is 1. The van der Waals surface area contributed by atoms with Crippen molar-refractivity contribution in [3.63, 3.8) is 0 Å². The van der Waals surface area contributed by atoms with Crippen LogP contribution in [-0.4, -0.2) is 35.7 Å². The Bertz CT molecular complexity index is 623. The highest BCUT2D eigenvalue weighted by atomic mass is 35.5. The van der Waals surface area contributed by atoms with Gasteiger partial charge in [-0.2, -0.15) is 0 Å². The SMILES string of the molecule is O=C(O)CC1(NC(=O)C2CC2c2cc(Cl)cc(Cl)c2)CCOC1. The van der Waals surface area contributed by atoms with Gasteiger partial charge in [0, 0.05) is 22.6 Å². The van der Waals surface area contributed by atoms with Crippen LogP contribution in [0.1, 0.15) is 30.7 Å². The number of nitrogens with one attached hydrogen (secondary N) is 1. The lowest BCUT2D eigenvalue weighted by atomic mass is 9.94. The van der Waals surface area contributed by atoms with Crippen molar-refractivity contribution in [2.24, 2.45) is 5.92 Å². The number of carbonyl (C=O) groups is 2. The first kappa shape index (κ1) is 16.6. The highest BCUT2D eigenvalue weighted by molar-refractivity contribution is 6.34. The predicted molar refractivity (Wildman–Crippen MR) is 85.9 cm³/mol. The van der Waals surface area contributed by atoms with E-state index in [0.29, 0.717) is 29.5 Å². The number of ether oxygens (including phenoxy) is 1. The molecule has 1 aliphatic carbocycles.